The van der Waals surface area contributed by atoms with Gasteiger partial charge in [-0.2, -0.15) is 0 Å². The Labute approximate surface area is 172 Å². The minimum atomic E-state index is -0.340. The number of ether oxygens (including phenoxy) is 1. The van der Waals surface area contributed by atoms with E-state index in [1.54, 1.807) is 27.4 Å². The molecule has 2 aromatic heterocycles. The van der Waals surface area contributed by atoms with E-state index in [1.165, 1.54) is 11.3 Å². The van der Waals surface area contributed by atoms with Crippen LogP contribution in [0.5, 0.6) is 0 Å². The van der Waals surface area contributed by atoms with Crippen molar-refractivity contribution in [2.24, 2.45) is 0 Å². The number of thiophene rings is 1. The molecule has 4 rings (SSSR count). The van der Waals surface area contributed by atoms with E-state index < -0.39 is 0 Å². The first-order chi connectivity index (χ1) is 14.0. The number of hydrogen-bond acceptors (Lipinski definition) is 5. The maximum atomic E-state index is 13.1. The molecule has 0 aliphatic carbocycles. The zero-order valence-corrected chi connectivity index (χ0v) is 17.3. The van der Waals surface area contributed by atoms with E-state index >= 15 is 0 Å². The summed E-state index contributed by atoms with van der Waals surface area (Å²) in [5.41, 5.74) is 0.819. The number of nitrogens with zero attached hydrogens (tertiary/aromatic N) is 3. The predicted octanol–water partition coefficient (Wildman–Crippen LogP) is 3.15. The Bertz CT molecular complexity index is 1140. The van der Waals surface area contributed by atoms with Gasteiger partial charge in [0.25, 0.3) is 11.5 Å². The fourth-order valence-corrected chi connectivity index (χ4v) is 4.94. The highest BCUT2D eigenvalue weighted by Gasteiger charge is 2.27. The maximum absolute atomic E-state index is 13.1. The molecule has 0 radical (unpaired) electrons. The molecule has 0 bridgehead atoms. The molecule has 1 fully saturated rings. The third kappa shape index (κ3) is 3.37. The van der Waals surface area contributed by atoms with Crippen LogP contribution in [-0.2, 0) is 11.3 Å². The number of fused-ring (bicyclic) bond motifs is 3. The van der Waals surface area contributed by atoms with Gasteiger partial charge in [0.15, 0.2) is 0 Å². The minimum Gasteiger partial charge on any atom is -0.450 e. The van der Waals surface area contributed by atoms with Crippen LogP contribution in [0.2, 0.25) is 0 Å². The fraction of sp³-hybridized carbons (Fsp3) is 0.381. The van der Waals surface area contributed by atoms with Crippen LogP contribution < -0.4 is 5.56 Å². The Morgan fingerprint density at radius 3 is 2.41 bits per heavy atom. The summed E-state index contributed by atoms with van der Waals surface area (Å²) in [4.78, 5) is 41.8. The lowest BCUT2D eigenvalue weighted by Gasteiger charge is -2.33. The molecule has 1 aromatic carbocycles. The third-order valence-electron chi connectivity index (χ3n) is 5.27. The number of benzene rings is 1. The van der Waals surface area contributed by atoms with E-state index in [4.69, 9.17) is 4.74 Å². The minimum absolute atomic E-state index is 0.0661. The van der Waals surface area contributed by atoms with Gasteiger partial charge in [-0.25, -0.2) is 4.79 Å². The number of rotatable bonds is 3. The highest BCUT2D eigenvalue weighted by atomic mass is 32.1. The second kappa shape index (κ2) is 7.87. The van der Waals surface area contributed by atoms with E-state index in [0.29, 0.717) is 49.6 Å². The first-order valence-electron chi connectivity index (χ1n) is 9.81. The molecule has 8 heteroatoms. The Kier molecular flexibility index (Phi) is 5.27. The summed E-state index contributed by atoms with van der Waals surface area (Å²) in [6.07, 6.45) is -0.340. The molecule has 0 spiro atoms. The summed E-state index contributed by atoms with van der Waals surface area (Å²) >= 11 is 1.37. The summed E-state index contributed by atoms with van der Waals surface area (Å²) in [5, 5.41) is 1.57. The normalized spacial score (nSPS) is 14.6. The maximum Gasteiger partial charge on any atom is 0.409 e. The topological polar surface area (TPSA) is 71.8 Å². The average molecular weight is 413 g/mol. The van der Waals surface area contributed by atoms with Crippen molar-refractivity contribution >= 4 is 44.3 Å². The molecule has 2 amide bonds. The number of hydrogen-bond donors (Lipinski definition) is 0. The molecular formula is C21H23N3O4S. The predicted molar refractivity (Wildman–Crippen MR) is 114 cm³/mol. The van der Waals surface area contributed by atoms with Crippen molar-refractivity contribution in [3.8, 4) is 0 Å². The molecule has 1 saturated heterocycles. The first-order valence-corrected chi connectivity index (χ1v) is 10.6. The summed E-state index contributed by atoms with van der Waals surface area (Å²) in [6.45, 7) is 6.42. The van der Waals surface area contributed by atoms with Crippen LogP contribution in [0, 0.1) is 0 Å². The molecule has 29 heavy (non-hydrogen) atoms. The smallest absolute Gasteiger partial charge is 0.409 e. The van der Waals surface area contributed by atoms with Gasteiger partial charge in [0.05, 0.1) is 22.4 Å². The van der Waals surface area contributed by atoms with E-state index in [1.807, 2.05) is 31.2 Å². The Morgan fingerprint density at radius 1 is 1.03 bits per heavy atom. The molecule has 7 nitrogen and oxygen atoms in total. The van der Waals surface area contributed by atoms with Crippen molar-refractivity contribution in [1.29, 1.82) is 0 Å². The van der Waals surface area contributed by atoms with Crippen molar-refractivity contribution in [3.63, 3.8) is 0 Å². The number of amides is 2. The lowest BCUT2D eigenvalue weighted by atomic mass is 10.1. The fourth-order valence-electron chi connectivity index (χ4n) is 3.79. The van der Waals surface area contributed by atoms with Gasteiger partial charge in [-0.3, -0.25) is 9.59 Å². The SMILES string of the molecule is CCOC(=O)N1CCN(C(=O)c2cc3c(=O)n(CC)c4ccccc4c3s2)CC1. The Hall–Kier alpha value is -2.87. The highest BCUT2D eigenvalue weighted by Crippen LogP contribution is 2.31. The molecular weight excluding hydrogens is 390 g/mol. The van der Waals surface area contributed by atoms with Crippen LogP contribution in [0.25, 0.3) is 21.0 Å². The van der Waals surface area contributed by atoms with Crippen molar-refractivity contribution in [2.75, 3.05) is 32.8 Å². The van der Waals surface area contributed by atoms with Crippen molar-refractivity contribution < 1.29 is 14.3 Å². The van der Waals surface area contributed by atoms with Gasteiger partial charge in [0.1, 0.15) is 0 Å². The van der Waals surface area contributed by atoms with E-state index in [0.717, 1.165) is 15.6 Å². The van der Waals surface area contributed by atoms with Crippen molar-refractivity contribution in [1.82, 2.24) is 14.4 Å². The summed E-state index contributed by atoms with van der Waals surface area (Å²) in [7, 11) is 0. The quantitative estimate of drug-likeness (QED) is 0.661. The largest absolute Gasteiger partial charge is 0.450 e. The van der Waals surface area contributed by atoms with Gasteiger partial charge in [0, 0.05) is 42.8 Å². The summed E-state index contributed by atoms with van der Waals surface area (Å²) in [6, 6.07) is 9.52. The number of piperazine rings is 1. The number of carbonyl (C=O) groups excluding carboxylic acids is 2. The highest BCUT2D eigenvalue weighted by molar-refractivity contribution is 7.21. The monoisotopic (exact) mass is 413 g/mol. The van der Waals surface area contributed by atoms with Gasteiger partial charge in [0.2, 0.25) is 0 Å². The van der Waals surface area contributed by atoms with Crippen LogP contribution >= 0.6 is 11.3 Å². The van der Waals surface area contributed by atoms with Crippen LogP contribution in [0.15, 0.2) is 35.1 Å². The van der Waals surface area contributed by atoms with Crippen LogP contribution in [0.3, 0.4) is 0 Å². The van der Waals surface area contributed by atoms with Gasteiger partial charge < -0.3 is 19.1 Å². The Balaban J connectivity index is 1.65. The molecule has 3 aromatic rings. The Morgan fingerprint density at radius 2 is 1.72 bits per heavy atom. The average Bonchev–Trinajstić information content (AvgIpc) is 3.20. The third-order valence-corrected chi connectivity index (χ3v) is 6.42. The molecule has 152 valence electrons. The summed E-state index contributed by atoms with van der Waals surface area (Å²) < 4.78 is 7.62. The zero-order chi connectivity index (χ0) is 20.5. The van der Waals surface area contributed by atoms with Crippen LogP contribution in [-0.4, -0.2) is 59.2 Å². The van der Waals surface area contributed by atoms with Crippen LogP contribution in [0.4, 0.5) is 4.79 Å². The van der Waals surface area contributed by atoms with Crippen molar-refractivity contribution in [3.05, 3.63) is 45.6 Å². The van der Waals surface area contributed by atoms with Gasteiger partial charge in [-0.15, -0.1) is 11.3 Å². The molecule has 0 saturated carbocycles. The molecule has 1 aliphatic heterocycles. The number of pyridine rings is 1. The van der Waals surface area contributed by atoms with Crippen LogP contribution in [0.1, 0.15) is 23.5 Å². The molecule has 0 atom stereocenters. The lowest BCUT2D eigenvalue weighted by molar-refractivity contribution is 0.0574. The van der Waals surface area contributed by atoms with Gasteiger partial charge in [-0.05, 0) is 26.0 Å². The van der Waals surface area contributed by atoms with Gasteiger partial charge >= 0.3 is 6.09 Å². The van der Waals surface area contributed by atoms with E-state index in [2.05, 4.69) is 0 Å². The number of aryl methyl sites for hydroxylation is 1. The summed E-state index contributed by atoms with van der Waals surface area (Å²) in [5.74, 6) is -0.0961. The standard InChI is InChI=1S/C21H23N3O4S/c1-3-24-16-8-6-5-7-14(16)18-15(19(24)25)13-17(29-18)20(26)22-9-11-23(12-10-22)21(27)28-4-2/h5-8,13H,3-4,9-12H2,1-2H3. The number of para-hydroxylation sites is 1. The van der Waals surface area contributed by atoms with Gasteiger partial charge in [-0.1, -0.05) is 18.2 Å². The lowest BCUT2D eigenvalue weighted by Crippen LogP contribution is -2.50. The molecule has 3 heterocycles. The molecule has 0 unspecified atom stereocenters. The van der Waals surface area contributed by atoms with E-state index in [9.17, 15) is 14.4 Å². The number of carbonyl (C=O) groups is 2. The van der Waals surface area contributed by atoms with Crippen molar-refractivity contribution in [2.45, 2.75) is 20.4 Å². The molecule has 1 aliphatic rings. The molecule has 0 N–H and O–H groups in total. The first kappa shape index (κ1) is 19.4. The number of aromatic nitrogens is 1. The van der Waals surface area contributed by atoms with E-state index in [-0.39, 0.29) is 17.6 Å². The second-order valence-electron chi connectivity index (χ2n) is 6.90. The second-order valence-corrected chi connectivity index (χ2v) is 7.95. The zero-order valence-electron chi connectivity index (χ0n) is 16.5.